The number of fused-ring (bicyclic) bond motifs is 1. The number of carbonyl (C=O) groups excluding carboxylic acids is 1. The van der Waals surface area contributed by atoms with Crippen LogP contribution in [0.15, 0.2) is 12.4 Å². The lowest BCUT2D eigenvalue weighted by Crippen LogP contribution is -2.45. The molecule has 1 atom stereocenters. The highest BCUT2D eigenvalue weighted by Gasteiger charge is 2.26. The molecule has 1 aromatic heterocycles. The first-order valence-electron chi connectivity index (χ1n) is 8.12. The van der Waals surface area contributed by atoms with E-state index < -0.39 is 0 Å². The van der Waals surface area contributed by atoms with Gasteiger partial charge < -0.3 is 19.7 Å². The highest BCUT2D eigenvalue weighted by atomic mass is 16.2. The summed E-state index contributed by atoms with van der Waals surface area (Å²) in [6, 6.07) is 0.652. The van der Waals surface area contributed by atoms with E-state index in [0.717, 1.165) is 25.5 Å². The van der Waals surface area contributed by atoms with Crippen molar-refractivity contribution in [3.05, 3.63) is 18.2 Å². The van der Waals surface area contributed by atoms with Gasteiger partial charge in [-0.15, -0.1) is 0 Å². The maximum Gasteiger partial charge on any atom is 0.318 e. The molecular weight excluding hydrogens is 278 g/mol. The number of carbonyl (C=O) groups is 1. The Bertz CT molecular complexity index is 496. The fourth-order valence-electron chi connectivity index (χ4n) is 2.77. The first kappa shape index (κ1) is 16.8. The van der Waals surface area contributed by atoms with Crippen molar-refractivity contribution in [1.29, 1.82) is 0 Å². The number of amides is 2. The van der Waals surface area contributed by atoms with Gasteiger partial charge in [0.15, 0.2) is 0 Å². The van der Waals surface area contributed by atoms with E-state index in [1.807, 2.05) is 31.1 Å². The average molecular weight is 307 g/mol. The molecule has 22 heavy (non-hydrogen) atoms. The maximum atomic E-state index is 12.4. The van der Waals surface area contributed by atoms with Crippen LogP contribution in [0.4, 0.5) is 4.79 Å². The first-order valence-corrected chi connectivity index (χ1v) is 8.12. The van der Waals surface area contributed by atoms with Gasteiger partial charge in [-0.25, -0.2) is 9.78 Å². The van der Waals surface area contributed by atoms with Gasteiger partial charge in [-0.05, 0) is 34.7 Å². The molecule has 2 rings (SSSR count). The van der Waals surface area contributed by atoms with Gasteiger partial charge in [0.25, 0.3) is 0 Å². The van der Waals surface area contributed by atoms with Gasteiger partial charge in [0.2, 0.25) is 0 Å². The lowest BCUT2D eigenvalue weighted by atomic mass is 10.1. The van der Waals surface area contributed by atoms with Crippen LogP contribution in [0, 0.1) is 5.92 Å². The largest absolute Gasteiger partial charge is 0.336 e. The topological polar surface area (TPSA) is 53.4 Å². The highest BCUT2D eigenvalue weighted by Crippen LogP contribution is 2.17. The van der Waals surface area contributed by atoms with Crippen molar-refractivity contribution >= 4 is 6.03 Å². The van der Waals surface area contributed by atoms with Gasteiger partial charge >= 0.3 is 6.03 Å². The normalized spacial score (nSPS) is 18.7. The number of nitrogens with zero attached hydrogens (tertiary/aromatic N) is 4. The summed E-state index contributed by atoms with van der Waals surface area (Å²) in [7, 11) is 2.14. The number of rotatable bonds is 4. The minimum atomic E-state index is 0.00338. The number of imidazole rings is 1. The highest BCUT2D eigenvalue weighted by molar-refractivity contribution is 5.74. The first-order chi connectivity index (χ1) is 10.4. The molecule has 6 nitrogen and oxygen atoms in total. The Morgan fingerprint density at radius 2 is 2.14 bits per heavy atom. The molecule has 0 aliphatic carbocycles. The minimum absolute atomic E-state index is 0.00338. The molecule has 1 N–H and O–H groups in total. The third-order valence-corrected chi connectivity index (χ3v) is 4.19. The Balaban J connectivity index is 2.13. The molecule has 0 fully saturated rings. The van der Waals surface area contributed by atoms with Crippen molar-refractivity contribution in [3.63, 3.8) is 0 Å². The second-order valence-electron chi connectivity index (χ2n) is 6.88. The van der Waals surface area contributed by atoms with Crippen LogP contribution < -0.4 is 5.32 Å². The molecule has 0 aromatic carbocycles. The Morgan fingerprint density at radius 1 is 1.41 bits per heavy atom. The average Bonchev–Trinajstić information content (AvgIpc) is 2.76. The molecule has 0 saturated heterocycles. The van der Waals surface area contributed by atoms with Crippen LogP contribution >= 0.6 is 0 Å². The number of urea groups is 1. The quantitative estimate of drug-likeness (QED) is 0.922. The zero-order chi connectivity index (χ0) is 16.3. The number of aromatic nitrogens is 2. The predicted octanol–water partition coefficient (Wildman–Crippen LogP) is 1.77. The molecule has 0 saturated carbocycles. The fraction of sp³-hybridized carbons (Fsp3) is 0.750. The molecule has 0 bridgehead atoms. The molecule has 6 heteroatoms. The molecule has 2 heterocycles. The molecule has 0 unspecified atom stereocenters. The molecule has 0 spiro atoms. The second kappa shape index (κ2) is 7.13. The zero-order valence-electron chi connectivity index (χ0n) is 14.4. The third-order valence-electron chi connectivity index (χ3n) is 4.19. The van der Waals surface area contributed by atoms with E-state index in [9.17, 15) is 4.79 Å². The lowest BCUT2D eigenvalue weighted by molar-refractivity contribution is 0.164. The number of hydrogen-bond donors (Lipinski definition) is 1. The van der Waals surface area contributed by atoms with E-state index in [-0.39, 0.29) is 12.1 Å². The van der Waals surface area contributed by atoms with Gasteiger partial charge in [-0.3, -0.25) is 0 Å². The molecule has 1 aliphatic heterocycles. The van der Waals surface area contributed by atoms with E-state index in [1.165, 1.54) is 0 Å². The summed E-state index contributed by atoms with van der Waals surface area (Å²) in [6.07, 6.45) is 3.84. The van der Waals surface area contributed by atoms with Gasteiger partial charge in [0, 0.05) is 50.0 Å². The number of nitrogens with one attached hydrogen (secondary N) is 1. The van der Waals surface area contributed by atoms with Crippen molar-refractivity contribution in [2.45, 2.75) is 52.9 Å². The summed E-state index contributed by atoms with van der Waals surface area (Å²) in [5.74, 6) is 1.37. The van der Waals surface area contributed by atoms with Crippen molar-refractivity contribution in [1.82, 2.24) is 24.7 Å². The van der Waals surface area contributed by atoms with Crippen LogP contribution in [0.2, 0.25) is 0 Å². The molecular formula is C16H29N5O. The van der Waals surface area contributed by atoms with Crippen LogP contribution in [0.3, 0.4) is 0 Å². The summed E-state index contributed by atoms with van der Waals surface area (Å²) in [4.78, 5) is 21.1. The van der Waals surface area contributed by atoms with Crippen molar-refractivity contribution in [2.75, 3.05) is 20.1 Å². The monoisotopic (exact) mass is 307 g/mol. The summed E-state index contributed by atoms with van der Waals surface area (Å²) in [6.45, 7) is 11.6. The van der Waals surface area contributed by atoms with Crippen LogP contribution in [0.5, 0.6) is 0 Å². The Kier molecular flexibility index (Phi) is 5.45. The SMILES string of the molecule is CC(C)NC(=O)N1Cc2nccn2C[C@@H](CN(C)C(C)C)C1. The molecule has 124 valence electrons. The van der Waals surface area contributed by atoms with Gasteiger partial charge in [0.05, 0.1) is 6.54 Å². The smallest absolute Gasteiger partial charge is 0.318 e. The minimum Gasteiger partial charge on any atom is -0.336 e. The maximum absolute atomic E-state index is 12.4. The summed E-state index contributed by atoms with van der Waals surface area (Å²) >= 11 is 0. The van der Waals surface area contributed by atoms with Crippen LogP contribution in [-0.4, -0.2) is 57.6 Å². The lowest BCUT2D eigenvalue weighted by Gasteiger charge is -2.29. The van der Waals surface area contributed by atoms with Crippen molar-refractivity contribution < 1.29 is 4.79 Å². The van der Waals surface area contributed by atoms with Crippen LogP contribution in [-0.2, 0) is 13.1 Å². The summed E-state index contributed by atoms with van der Waals surface area (Å²) in [5, 5.41) is 3.00. The predicted molar refractivity (Wildman–Crippen MR) is 87.6 cm³/mol. The van der Waals surface area contributed by atoms with Crippen LogP contribution in [0.25, 0.3) is 0 Å². The van der Waals surface area contributed by atoms with E-state index in [4.69, 9.17) is 0 Å². The van der Waals surface area contributed by atoms with Gasteiger partial charge in [0.1, 0.15) is 5.82 Å². The molecule has 1 aliphatic rings. The van der Waals surface area contributed by atoms with E-state index in [2.05, 4.69) is 40.7 Å². The fourth-order valence-corrected chi connectivity index (χ4v) is 2.77. The summed E-state index contributed by atoms with van der Waals surface area (Å²) in [5.41, 5.74) is 0. The molecule has 2 amide bonds. The molecule has 1 aromatic rings. The van der Waals surface area contributed by atoms with Crippen LogP contribution in [0.1, 0.15) is 33.5 Å². The molecule has 0 radical (unpaired) electrons. The Hall–Kier alpha value is -1.56. The van der Waals surface area contributed by atoms with Gasteiger partial charge in [-0.1, -0.05) is 0 Å². The Labute approximate surface area is 133 Å². The standard InChI is InChI=1S/C16H29N5O/c1-12(2)18-16(22)21-10-14(8-19(5)13(3)4)9-20-7-6-17-15(20)11-21/h6-7,12-14H,8-11H2,1-5H3,(H,18,22)/t14-/m1/s1. The van der Waals surface area contributed by atoms with Gasteiger partial charge in [-0.2, -0.15) is 0 Å². The van der Waals surface area contributed by atoms with Crippen molar-refractivity contribution in [2.24, 2.45) is 5.92 Å². The van der Waals surface area contributed by atoms with Crippen molar-refractivity contribution in [3.8, 4) is 0 Å². The second-order valence-corrected chi connectivity index (χ2v) is 6.88. The third kappa shape index (κ3) is 4.22. The van der Waals surface area contributed by atoms with E-state index in [0.29, 0.717) is 18.5 Å². The number of hydrogen-bond acceptors (Lipinski definition) is 3. The Morgan fingerprint density at radius 3 is 2.77 bits per heavy atom. The van der Waals surface area contributed by atoms with E-state index in [1.54, 1.807) is 0 Å². The zero-order valence-corrected chi connectivity index (χ0v) is 14.4. The van der Waals surface area contributed by atoms with E-state index >= 15 is 0 Å². The summed E-state index contributed by atoms with van der Waals surface area (Å²) < 4.78 is 2.18.